The van der Waals surface area contributed by atoms with Crippen LogP contribution in [0, 0.1) is 0 Å². The lowest BCUT2D eigenvalue weighted by molar-refractivity contribution is -0.0586. The van der Waals surface area contributed by atoms with Gasteiger partial charge in [0.2, 0.25) is 0 Å². The van der Waals surface area contributed by atoms with Crippen LogP contribution in [0.15, 0.2) is 148 Å². The van der Waals surface area contributed by atoms with Gasteiger partial charge in [0.05, 0.1) is 82.9 Å². The highest BCUT2D eigenvalue weighted by Gasteiger charge is 2.57. The number of anilines is 6. The molecule has 0 spiro atoms. The molecule has 6 heterocycles. The molecule has 27 nitrogen and oxygen atoms in total. The SMILES string of the molecule is C.C=Cc1cc2ncnc(Nc3ccc4scnc4c3)c2cc1S(=O)(=O)C(C)(C)C.CC(C)(C)S(=O)(=O)c1cc2c(Nc3ccc4scnc4c3)ncnc2cc1O.CC(C)(C)S(=O)(=O)c1cc2c(Nc3ccc4scnc4c3)ncnc2cc1OS(=O)(=O)C(F)(F)F.O=S(=O)(OS(=O)(=O)C(F)(F)F)C(F)(F)F. The smallest absolute Gasteiger partial charge is 0.507 e. The topological polar surface area (TPSA) is 396 Å². The summed E-state index contributed by atoms with van der Waals surface area (Å²) < 4.78 is 255. The van der Waals surface area contributed by atoms with Crippen molar-refractivity contribution in [2.75, 3.05) is 16.0 Å². The standard InChI is InChI=1S/C21H20N4O2S2.C20H17F3N4O5S3.C19H18N4O3S2.C2F6O5S2.CH4/c1-5-13-8-16-15(10-19(13)29(26,27)21(2,3)4)20(23-11-22-16)25-14-6-7-18-17(9-14)24-12-28-18;1-19(2,3)34(28,29)17-7-12-13(8-15(17)32-35(30,31)20(21,22)23)24-9-25-18(12)27-11-4-5-16-14(6-11)26-10-33-16;1-19(2,3)28(25,26)17-7-12-13(8-15(17)24)20-9-21-18(12)23-11-4-5-16-14(6-11)22-10-27-16;3-1(4,5)14(9,10)13-15(11,12)2(6,7)8;/h5-12H,1H2,2-4H3,(H,22,23,25);4-10H,1-3H3,(H,24,25,27);4-10,24H,1-3H3,(H,20,21,23);;1H4. The van der Waals surface area contributed by atoms with Crippen LogP contribution in [0.5, 0.6) is 11.5 Å². The number of benzene rings is 6. The van der Waals surface area contributed by atoms with Gasteiger partial charge >= 0.3 is 46.9 Å². The van der Waals surface area contributed by atoms with Gasteiger partial charge in [-0.25, -0.2) is 70.1 Å². The number of nitrogens with zero attached hydrogens (tertiary/aromatic N) is 9. The minimum atomic E-state index is -6.85. The van der Waals surface area contributed by atoms with Gasteiger partial charge in [0.1, 0.15) is 52.0 Å². The van der Waals surface area contributed by atoms with Gasteiger partial charge in [-0.1, -0.05) is 20.1 Å². The number of fused-ring (bicyclic) bond motifs is 6. The van der Waals surface area contributed by atoms with E-state index in [9.17, 15) is 95.1 Å². The Bertz CT molecular complexity index is 6170. The summed E-state index contributed by atoms with van der Waals surface area (Å²) >= 11 is 4.57. The molecule has 0 saturated heterocycles. The average molecular weight is 1680 g/mol. The number of hydrogen-bond donors (Lipinski definition) is 4. The van der Waals surface area contributed by atoms with Crippen molar-refractivity contribution < 1.29 is 103 Å². The van der Waals surface area contributed by atoms with Crippen molar-refractivity contribution in [3.8, 4) is 11.5 Å². The number of phenolic OH excluding ortho intramolecular Hbond substituents is 1. The molecule has 0 aliphatic heterocycles. The zero-order chi connectivity index (χ0) is 79.4. The zero-order valence-electron chi connectivity index (χ0n) is 56.2. The Kier molecular flexibility index (Phi) is 23.7. The largest absolute Gasteiger partial charge is 0.534 e. The van der Waals surface area contributed by atoms with Crippen molar-refractivity contribution >= 4 is 198 Å². The van der Waals surface area contributed by atoms with Crippen molar-refractivity contribution in [2.45, 2.75) is 115 Å². The van der Waals surface area contributed by atoms with Crippen LogP contribution in [0.2, 0.25) is 0 Å². The number of sulfone groups is 3. The van der Waals surface area contributed by atoms with E-state index in [1.54, 1.807) is 111 Å². The van der Waals surface area contributed by atoms with Crippen molar-refractivity contribution in [1.82, 2.24) is 44.9 Å². The highest BCUT2D eigenvalue weighted by molar-refractivity contribution is 8.00. The maximum atomic E-state index is 13.2. The molecule has 0 fully saturated rings. The average Bonchev–Trinajstić information content (AvgIpc) is 0.832. The monoisotopic (exact) mass is 1680 g/mol. The third-order valence-electron chi connectivity index (χ3n) is 14.7. The summed E-state index contributed by atoms with van der Waals surface area (Å²) in [6.07, 6.45) is 5.45. The second-order valence-corrected chi connectivity index (χ2v) is 40.6. The van der Waals surface area contributed by atoms with Crippen LogP contribution in [0.3, 0.4) is 0 Å². The number of aromatic nitrogens is 9. The lowest BCUT2D eigenvalue weighted by Gasteiger charge is -2.22. The van der Waals surface area contributed by atoms with Crippen molar-refractivity contribution in [3.05, 3.63) is 139 Å². The lowest BCUT2D eigenvalue weighted by Crippen LogP contribution is -2.34. The Hall–Kier alpha value is -9.22. The number of halogens is 9. The van der Waals surface area contributed by atoms with Crippen LogP contribution in [-0.2, 0) is 63.5 Å². The van der Waals surface area contributed by atoms with E-state index in [2.05, 4.69) is 71.6 Å². The number of alkyl halides is 9. The second-order valence-electron chi connectivity index (χ2n) is 25.1. The fourth-order valence-corrected chi connectivity index (χ4v) is 17.0. The molecule has 12 aromatic rings. The molecule has 4 N–H and O–H groups in total. The van der Waals surface area contributed by atoms with E-state index < -0.39 is 101 Å². The summed E-state index contributed by atoms with van der Waals surface area (Å²) in [5, 5.41) is 21.1. The zero-order valence-corrected chi connectivity index (χ0v) is 63.5. The molecule has 0 radical (unpaired) electrons. The molecule has 0 bridgehead atoms. The van der Waals surface area contributed by atoms with Gasteiger partial charge in [0.15, 0.2) is 35.3 Å². The normalized spacial score (nSPS) is 13.0. The van der Waals surface area contributed by atoms with Crippen LogP contribution in [0.1, 0.15) is 75.3 Å². The van der Waals surface area contributed by atoms with Gasteiger partial charge in [-0.15, -0.1) is 37.6 Å². The van der Waals surface area contributed by atoms with E-state index in [-0.39, 0.29) is 39.7 Å². The molecule has 0 unspecified atom stereocenters. The predicted molar refractivity (Wildman–Crippen MR) is 393 cm³/mol. The first kappa shape index (κ1) is 84.4. The number of hydrogen-bond acceptors (Lipinski definition) is 30. The summed E-state index contributed by atoms with van der Waals surface area (Å²) in [6.45, 7) is 17.6. The number of aromatic hydroxyl groups is 1. The van der Waals surface area contributed by atoms with E-state index in [0.717, 1.165) is 55.0 Å². The first-order valence-electron chi connectivity index (χ1n) is 29.7. The lowest BCUT2D eigenvalue weighted by atomic mass is 10.1. The Morgan fingerprint density at radius 3 is 1.06 bits per heavy atom. The van der Waals surface area contributed by atoms with Gasteiger partial charge in [-0.3, -0.25) is 0 Å². The molecule has 6 aromatic heterocycles. The molecule has 0 aliphatic rings. The Morgan fingerprint density at radius 2 is 0.713 bits per heavy atom. The minimum Gasteiger partial charge on any atom is -0.507 e. The molecule has 45 heteroatoms. The van der Waals surface area contributed by atoms with Crippen LogP contribution in [0.25, 0.3) is 69.4 Å². The van der Waals surface area contributed by atoms with Gasteiger partial charge in [0, 0.05) is 45.4 Å². The molecule has 0 atom stereocenters. The van der Waals surface area contributed by atoms with Crippen molar-refractivity contribution in [2.24, 2.45) is 0 Å². The van der Waals surface area contributed by atoms with E-state index in [0.29, 0.717) is 50.2 Å². The molecule has 108 heavy (non-hydrogen) atoms. The third-order valence-corrected chi connectivity index (χ3v) is 28.2. The summed E-state index contributed by atoms with van der Waals surface area (Å²) in [6, 6.07) is 24.9. The van der Waals surface area contributed by atoms with E-state index in [1.165, 1.54) is 56.9 Å². The first-order valence-corrected chi connectivity index (χ1v) is 41.1. The van der Waals surface area contributed by atoms with Crippen LogP contribution < -0.4 is 20.1 Å². The maximum Gasteiger partial charge on any atom is 0.534 e. The van der Waals surface area contributed by atoms with Gasteiger partial charge < -0.3 is 25.2 Å². The van der Waals surface area contributed by atoms with Crippen molar-refractivity contribution in [1.29, 1.82) is 0 Å². The van der Waals surface area contributed by atoms with Crippen LogP contribution in [-0.4, -0.2) is 131 Å². The summed E-state index contributed by atoms with van der Waals surface area (Å²) in [5.41, 5.74) is -6.85. The van der Waals surface area contributed by atoms with Gasteiger partial charge in [-0.2, -0.15) is 64.8 Å². The van der Waals surface area contributed by atoms with E-state index in [4.69, 9.17) is 0 Å². The maximum absolute atomic E-state index is 13.2. The molecule has 578 valence electrons. The number of nitrogens with one attached hydrogen (secondary N) is 3. The molecule has 0 saturated carbocycles. The molecular formula is C63H59F9N12O15S9. The fraction of sp³-hybridized carbons (Fsp3) is 0.254. The molecule has 6 aromatic carbocycles. The number of rotatable bonds is 14. The first-order chi connectivity index (χ1) is 49.2. The molecule has 0 amide bonds. The third kappa shape index (κ3) is 17.9. The van der Waals surface area contributed by atoms with Crippen molar-refractivity contribution in [3.63, 3.8) is 0 Å². The Balaban J connectivity index is 0.000000187. The fourth-order valence-electron chi connectivity index (χ4n) is 8.98. The quantitative estimate of drug-likeness (QED) is 0.0446. The van der Waals surface area contributed by atoms with Gasteiger partial charge in [-0.05, 0) is 147 Å². The Labute approximate surface area is 622 Å². The second kappa shape index (κ2) is 30.3. The molecular weight excluding hydrogens is 1620 g/mol. The minimum absolute atomic E-state index is 0. The summed E-state index contributed by atoms with van der Waals surface area (Å²) in [7, 11) is -31.6. The summed E-state index contributed by atoms with van der Waals surface area (Å²) in [4.78, 5) is 37.4. The molecule has 12 rings (SSSR count). The van der Waals surface area contributed by atoms with E-state index in [1.807, 2.05) is 46.1 Å². The number of thiazole rings is 3. The van der Waals surface area contributed by atoms with Crippen LogP contribution >= 0.6 is 34.0 Å². The van der Waals surface area contributed by atoms with Gasteiger partial charge in [0.25, 0.3) is 0 Å². The predicted octanol–water partition coefficient (Wildman–Crippen LogP) is 15.6. The number of phenols is 1. The summed E-state index contributed by atoms with van der Waals surface area (Å²) in [5.74, 6) is -0.218. The van der Waals surface area contributed by atoms with Crippen LogP contribution in [0.4, 0.5) is 74.0 Å². The van der Waals surface area contributed by atoms with E-state index >= 15 is 0 Å². The highest BCUT2D eigenvalue weighted by atomic mass is 32.3. The molecule has 0 aliphatic carbocycles. The Morgan fingerprint density at radius 1 is 0.398 bits per heavy atom. The highest BCUT2D eigenvalue weighted by Crippen LogP contribution is 2.42.